The molecule has 0 fully saturated rings. The maximum Gasteiger partial charge on any atom is 0.280 e. The van der Waals surface area contributed by atoms with Crippen LogP contribution >= 0.6 is 22.9 Å². The van der Waals surface area contributed by atoms with Crippen LogP contribution in [0.1, 0.15) is 27.2 Å². The highest BCUT2D eigenvalue weighted by Gasteiger charge is 2.26. The van der Waals surface area contributed by atoms with Crippen molar-refractivity contribution in [1.29, 1.82) is 0 Å². The molecule has 1 aromatic carbocycles. The van der Waals surface area contributed by atoms with E-state index in [-0.39, 0.29) is 24.9 Å². The van der Waals surface area contributed by atoms with Gasteiger partial charge in [0.1, 0.15) is 5.00 Å². The van der Waals surface area contributed by atoms with Crippen LogP contribution in [0, 0.1) is 0 Å². The molecule has 5 N–H and O–H groups in total. The number of rotatable bonds is 7. The molecule has 148 valence electrons. The third-order valence-corrected chi connectivity index (χ3v) is 5.93. The number of benzene rings is 1. The van der Waals surface area contributed by atoms with Gasteiger partial charge in [0.05, 0.1) is 12.6 Å². The number of quaternary nitrogens is 1. The Bertz CT molecular complexity index is 911. The van der Waals surface area contributed by atoms with Gasteiger partial charge in [-0.3, -0.25) is 14.4 Å². The van der Waals surface area contributed by atoms with E-state index in [1.54, 1.807) is 31.3 Å². The molecule has 0 spiro atoms. The van der Waals surface area contributed by atoms with Gasteiger partial charge in [-0.1, -0.05) is 11.6 Å². The van der Waals surface area contributed by atoms with E-state index in [2.05, 4.69) is 10.6 Å². The maximum atomic E-state index is 12.4. The van der Waals surface area contributed by atoms with Crippen molar-refractivity contribution in [3.8, 4) is 0 Å². The molecule has 1 heterocycles. The molecule has 0 saturated carbocycles. The molecule has 0 bridgehead atoms. The third-order valence-electron chi connectivity index (χ3n) is 4.47. The van der Waals surface area contributed by atoms with Gasteiger partial charge in [0.15, 0.2) is 13.1 Å². The number of aryl methyl sites for hydroxylation is 1. The summed E-state index contributed by atoms with van der Waals surface area (Å²) in [5, 5.41) is 6.66. The zero-order valence-electron chi connectivity index (χ0n) is 15.4. The summed E-state index contributed by atoms with van der Waals surface area (Å²) in [5.41, 5.74) is 7.55. The Morgan fingerprint density at radius 1 is 1.11 bits per heavy atom. The molecular formula is C19H22ClN4O3S+. The summed E-state index contributed by atoms with van der Waals surface area (Å²) in [4.78, 5) is 38.1. The predicted octanol–water partition coefficient (Wildman–Crippen LogP) is 1.08. The molecule has 3 rings (SSSR count). The molecule has 1 unspecified atom stereocenters. The van der Waals surface area contributed by atoms with Crippen molar-refractivity contribution in [3.05, 3.63) is 45.3 Å². The smallest absolute Gasteiger partial charge is 0.280 e. The van der Waals surface area contributed by atoms with Crippen LogP contribution in [0.2, 0.25) is 5.02 Å². The number of primary amides is 1. The van der Waals surface area contributed by atoms with Gasteiger partial charge in [-0.25, -0.2) is 0 Å². The van der Waals surface area contributed by atoms with E-state index in [0.717, 1.165) is 29.7 Å². The summed E-state index contributed by atoms with van der Waals surface area (Å²) in [6.07, 6.45) is 2.73. The van der Waals surface area contributed by atoms with Crippen molar-refractivity contribution >= 4 is 51.3 Å². The Balaban J connectivity index is 1.54. The SMILES string of the molecule is C[NH+](CC(=O)Nc1ccc(Cl)cc1)CC(=O)Nc1sc2c(c1C(N)=O)CCC2. The third kappa shape index (κ3) is 4.89. The van der Waals surface area contributed by atoms with Crippen molar-refractivity contribution in [3.63, 3.8) is 0 Å². The highest BCUT2D eigenvalue weighted by Crippen LogP contribution is 2.38. The summed E-state index contributed by atoms with van der Waals surface area (Å²) in [6.45, 7) is 0.217. The van der Waals surface area contributed by atoms with Gasteiger partial charge < -0.3 is 21.3 Å². The molecule has 1 aliphatic carbocycles. The van der Waals surface area contributed by atoms with Crippen LogP contribution in [0.4, 0.5) is 10.7 Å². The Kier molecular flexibility index (Phi) is 6.33. The molecule has 0 radical (unpaired) electrons. The summed E-state index contributed by atoms with van der Waals surface area (Å²) < 4.78 is 0. The van der Waals surface area contributed by atoms with Crippen LogP contribution in [-0.2, 0) is 22.4 Å². The monoisotopic (exact) mass is 421 g/mol. The lowest BCUT2D eigenvalue weighted by Crippen LogP contribution is -3.11. The van der Waals surface area contributed by atoms with Gasteiger partial charge in [-0.05, 0) is 49.1 Å². The van der Waals surface area contributed by atoms with Crippen LogP contribution in [0.15, 0.2) is 24.3 Å². The summed E-state index contributed by atoms with van der Waals surface area (Å²) in [5.74, 6) is -0.988. The molecule has 1 aliphatic rings. The van der Waals surface area contributed by atoms with Gasteiger partial charge in [0.2, 0.25) is 0 Å². The number of hydrogen-bond donors (Lipinski definition) is 4. The second-order valence-electron chi connectivity index (χ2n) is 6.84. The maximum absolute atomic E-state index is 12.4. The fourth-order valence-electron chi connectivity index (χ4n) is 3.27. The molecule has 0 aliphatic heterocycles. The van der Waals surface area contributed by atoms with E-state index in [4.69, 9.17) is 17.3 Å². The number of fused-ring (bicyclic) bond motifs is 1. The average molecular weight is 422 g/mol. The fourth-order valence-corrected chi connectivity index (χ4v) is 4.71. The van der Waals surface area contributed by atoms with E-state index in [1.165, 1.54) is 11.3 Å². The number of anilines is 2. The Morgan fingerprint density at radius 3 is 2.39 bits per heavy atom. The van der Waals surface area contributed by atoms with E-state index in [1.807, 2.05) is 0 Å². The number of hydrogen-bond acceptors (Lipinski definition) is 4. The van der Waals surface area contributed by atoms with Crippen LogP contribution in [0.25, 0.3) is 0 Å². The van der Waals surface area contributed by atoms with Crippen molar-refractivity contribution in [2.24, 2.45) is 5.73 Å². The van der Waals surface area contributed by atoms with Crippen molar-refractivity contribution in [1.82, 2.24) is 0 Å². The molecule has 7 nitrogen and oxygen atoms in total. The Morgan fingerprint density at radius 2 is 1.75 bits per heavy atom. The fraction of sp³-hybridized carbons (Fsp3) is 0.316. The Labute approximate surface area is 171 Å². The van der Waals surface area contributed by atoms with E-state index in [0.29, 0.717) is 26.2 Å². The first-order valence-electron chi connectivity index (χ1n) is 8.94. The minimum absolute atomic E-state index is 0.0921. The predicted molar refractivity (Wildman–Crippen MR) is 110 cm³/mol. The lowest BCUT2D eigenvalue weighted by atomic mass is 10.1. The Hall–Kier alpha value is -2.42. The lowest BCUT2D eigenvalue weighted by Gasteiger charge is -2.14. The van der Waals surface area contributed by atoms with Crippen LogP contribution in [0.3, 0.4) is 0 Å². The minimum Gasteiger partial charge on any atom is -0.365 e. The van der Waals surface area contributed by atoms with Crippen molar-refractivity contribution < 1.29 is 19.3 Å². The van der Waals surface area contributed by atoms with Gasteiger partial charge in [0, 0.05) is 15.6 Å². The molecule has 1 atom stereocenters. The molecule has 3 amide bonds. The molecule has 1 aromatic heterocycles. The van der Waals surface area contributed by atoms with Crippen LogP contribution in [-0.4, -0.2) is 37.9 Å². The number of amides is 3. The number of nitrogens with two attached hydrogens (primary N) is 1. The molecule has 2 aromatic rings. The lowest BCUT2D eigenvalue weighted by molar-refractivity contribution is -0.862. The van der Waals surface area contributed by atoms with Crippen LogP contribution < -0.4 is 21.3 Å². The summed E-state index contributed by atoms with van der Waals surface area (Å²) in [7, 11) is 1.75. The second kappa shape index (κ2) is 8.72. The standard InChI is InChI=1S/C19H21ClN4O3S/c1-24(9-15(25)22-12-7-5-11(20)6-8-12)10-16(26)23-19-17(18(21)27)13-3-2-4-14(13)28-19/h5-8H,2-4,9-10H2,1H3,(H2,21,27)(H,22,25)(H,23,26)/p+1. The highest BCUT2D eigenvalue weighted by atomic mass is 35.5. The normalized spacial score (nSPS) is 13.6. The molecular weight excluding hydrogens is 400 g/mol. The summed E-state index contributed by atoms with van der Waals surface area (Å²) >= 11 is 7.24. The first kappa shape index (κ1) is 20.3. The largest absolute Gasteiger partial charge is 0.365 e. The zero-order valence-corrected chi connectivity index (χ0v) is 17.0. The first-order chi connectivity index (χ1) is 13.3. The topological polar surface area (TPSA) is 106 Å². The number of nitrogens with one attached hydrogen (secondary N) is 3. The van der Waals surface area contributed by atoms with Gasteiger partial charge in [0.25, 0.3) is 17.7 Å². The number of likely N-dealkylation sites (N-methyl/N-ethyl adjacent to an activating group) is 1. The molecule has 9 heteroatoms. The van der Waals surface area contributed by atoms with Gasteiger partial charge >= 0.3 is 0 Å². The average Bonchev–Trinajstić information content (AvgIpc) is 3.16. The van der Waals surface area contributed by atoms with Crippen LogP contribution in [0.5, 0.6) is 0 Å². The van der Waals surface area contributed by atoms with Crippen molar-refractivity contribution in [2.75, 3.05) is 30.8 Å². The minimum atomic E-state index is -0.516. The molecule has 0 saturated heterocycles. The number of carbonyl (C=O) groups is 3. The zero-order chi connectivity index (χ0) is 20.3. The quantitative estimate of drug-likeness (QED) is 0.537. The van der Waals surface area contributed by atoms with Gasteiger partial charge in [-0.2, -0.15) is 0 Å². The highest BCUT2D eigenvalue weighted by molar-refractivity contribution is 7.17. The number of carbonyl (C=O) groups excluding carboxylic acids is 3. The van der Waals surface area contributed by atoms with E-state index < -0.39 is 5.91 Å². The number of thiophene rings is 1. The van der Waals surface area contributed by atoms with Gasteiger partial charge in [-0.15, -0.1) is 11.3 Å². The van der Waals surface area contributed by atoms with E-state index >= 15 is 0 Å². The second-order valence-corrected chi connectivity index (χ2v) is 8.38. The van der Waals surface area contributed by atoms with E-state index in [9.17, 15) is 14.4 Å². The van der Waals surface area contributed by atoms with Crippen molar-refractivity contribution in [2.45, 2.75) is 19.3 Å². The first-order valence-corrected chi connectivity index (χ1v) is 10.1. The number of halogens is 1. The summed E-state index contributed by atoms with van der Waals surface area (Å²) in [6, 6.07) is 6.80. The molecule has 28 heavy (non-hydrogen) atoms.